The van der Waals surface area contributed by atoms with E-state index < -0.39 is 17.5 Å². The van der Waals surface area contributed by atoms with E-state index in [1.807, 2.05) is 0 Å². The fourth-order valence-electron chi connectivity index (χ4n) is 1.75. The van der Waals surface area contributed by atoms with Gasteiger partial charge in [-0.25, -0.2) is 10.2 Å². The van der Waals surface area contributed by atoms with Crippen LogP contribution >= 0.6 is 0 Å². The molecule has 22 heavy (non-hydrogen) atoms. The van der Waals surface area contributed by atoms with Crippen LogP contribution in [0.15, 0.2) is 18.2 Å². The van der Waals surface area contributed by atoms with Crippen molar-refractivity contribution >= 4 is 11.9 Å². The Kier molecular flexibility index (Phi) is 6.14. The molecule has 0 aliphatic rings. The third-order valence-corrected chi connectivity index (χ3v) is 2.99. The van der Waals surface area contributed by atoms with Crippen molar-refractivity contribution in [3.63, 3.8) is 0 Å². The van der Waals surface area contributed by atoms with Crippen LogP contribution in [0, 0.1) is 0 Å². The molecule has 0 saturated carbocycles. The Bertz CT molecular complexity index is 548. The second kappa shape index (κ2) is 7.62. The molecule has 1 aromatic rings. The molecule has 1 aromatic carbocycles. The molecule has 0 spiro atoms. The molecule has 1 rings (SSSR count). The largest absolute Gasteiger partial charge is 0.504 e. The van der Waals surface area contributed by atoms with Crippen LogP contribution in [-0.2, 0) is 25.5 Å². The van der Waals surface area contributed by atoms with Gasteiger partial charge in [0, 0.05) is 13.3 Å². The Hall–Kier alpha value is -2.32. The summed E-state index contributed by atoms with van der Waals surface area (Å²) in [7, 11) is 0. The first-order valence-corrected chi connectivity index (χ1v) is 6.57. The van der Waals surface area contributed by atoms with Gasteiger partial charge in [0.15, 0.2) is 11.5 Å². The summed E-state index contributed by atoms with van der Waals surface area (Å²) < 4.78 is 9.66. The minimum Gasteiger partial charge on any atom is -0.504 e. The van der Waals surface area contributed by atoms with Gasteiger partial charge in [0.25, 0.3) is 0 Å². The van der Waals surface area contributed by atoms with Gasteiger partial charge in [-0.1, -0.05) is 6.07 Å². The molecular weight excluding hydrogens is 292 g/mol. The highest BCUT2D eigenvalue weighted by Crippen LogP contribution is 2.26. The number of phenols is 2. The Morgan fingerprint density at radius 1 is 1.23 bits per heavy atom. The number of esters is 2. The molecule has 1 atom stereocenters. The van der Waals surface area contributed by atoms with Crippen molar-refractivity contribution < 1.29 is 29.3 Å². The van der Waals surface area contributed by atoms with Crippen molar-refractivity contribution in [2.75, 3.05) is 13.2 Å². The topological polar surface area (TPSA) is 131 Å². The van der Waals surface area contributed by atoms with Crippen LogP contribution in [0.4, 0.5) is 0 Å². The van der Waals surface area contributed by atoms with Crippen molar-refractivity contribution in [2.24, 2.45) is 5.84 Å². The van der Waals surface area contributed by atoms with E-state index >= 15 is 0 Å². The second-order valence-corrected chi connectivity index (χ2v) is 4.95. The average Bonchev–Trinajstić information content (AvgIpc) is 2.46. The molecule has 0 saturated heterocycles. The van der Waals surface area contributed by atoms with E-state index in [1.165, 1.54) is 26.0 Å². The summed E-state index contributed by atoms with van der Waals surface area (Å²) >= 11 is 0. The van der Waals surface area contributed by atoms with Gasteiger partial charge in [0.1, 0.15) is 18.8 Å². The summed E-state index contributed by atoms with van der Waals surface area (Å²) in [6.45, 7) is 2.66. The second-order valence-electron chi connectivity index (χ2n) is 4.95. The van der Waals surface area contributed by atoms with Crippen LogP contribution < -0.4 is 11.3 Å². The predicted molar refractivity (Wildman–Crippen MR) is 76.8 cm³/mol. The molecule has 0 fully saturated rings. The minimum absolute atomic E-state index is 0.0400. The number of hydrogen-bond donors (Lipinski definition) is 4. The molecule has 0 aromatic heterocycles. The van der Waals surface area contributed by atoms with Gasteiger partial charge in [-0.05, 0) is 24.6 Å². The Morgan fingerprint density at radius 3 is 2.41 bits per heavy atom. The third-order valence-electron chi connectivity index (χ3n) is 2.99. The first-order valence-electron chi connectivity index (χ1n) is 6.57. The molecule has 0 aliphatic carbocycles. The lowest BCUT2D eigenvalue weighted by Crippen LogP contribution is -2.55. The van der Waals surface area contributed by atoms with Crippen LogP contribution in [0.3, 0.4) is 0 Å². The molecule has 0 amide bonds. The highest BCUT2D eigenvalue weighted by Gasteiger charge is 2.34. The number of ether oxygens (including phenoxy) is 2. The summed E-state index contributed by atoms with van der Waals surface area (Å²) in [5, 5.41) is 18.7. The van der Waals surface area contributed by atoms with Crippen molar-refractivity contribution in [3.8, 4) is 11.5 Å². The predicted octanol–water partition coefficient (Wildman–Crippen LogP) is -0.0314. The molecule has 122 valence electrons. The van der Waals surface area contributed by atoms with Crippen LogP contribution in [0.5, 0.6) is 11.5 Å². The van der Waals surface area contributed by atoms with E-state index in [1.54, 1.807) is 6.07 Å². The maximum atomic E-state index is 12.1. The van der Waals surface area contributed by atoms with Crippen molar-refractivity contribution in [1.82, 2.24) is 5.43 Å². The summed E-state index contributed by atoms with van der Waals surface area (Å²) in [4.78, 5) is 22.7. The number of nitrogens with one attached hydrogen (secondary N) is 1. The number of carbonyl (C=O) groups excluding carboxylic acids is 2. The van der Waals surface area contributed by atoms with E-state index in [9.17, 15) is 19.8 Å². The van der Waals surface area contributed by atoms with Crippen LogP contribution in [0.2, 0.25) is 0 Å². The number of hydrogen-bond acceptors (Lipinski definition) is 8. The van der Waals surface area contributed by atoms with Crippen LogP contribution in [-0.4, -0.2) is 40.9 Å². The normalized spacial score (nSPS) is 13.2. The highest BCUT2D eigenvalue weighted by molar-refractivity contribution is 5.80. The van der Waals surface area contributed by atoms with Crippen molar-refractivity contribution in [2.45, 2.75) is 25.8 Å². The molecule has 8 heteroatoms. The van der Waals surface area contributed by atoms with E-state index in [4.69, 9.17) is 10.6 Å². The maximum Gasteiger partial charge on any atom is 0.327 e. The number of carbonyl (C=O) groups is 2. The Balaban J connectivity index is 2.67. The summed E-state index contributed by atoms with van der Waals surface area (Å²) in [6, 6.07) is 4.20. The number of nitrogens with two attached hydrogens (primary N) is 1. The van der Waals surface area contributed by atoms with Gasteiger partial charge in [0.05, 0.1) is 0 Å². The molecular formula is C14H20N2O6. The van der Waals surface area contributed by atoms with E-state index in [2.05, 4.69) is 10.2 Å². The number of hydrazine groups is 1. The lowest BCUT2D eigenvalue weighted by Gasteiger charge is -2.26. The first-order chi connectivity index (χ1) is 10.3. The van der Waals surface area contributed by atoms with Gasteiger partial charge in [-0.15, -0.1) is 0 Å². The summed E-state index contributed by atoms with van der Waals surface area (Å²) in [6.07, 6.45) is 0.129. The molecule has 8 nitrogen and oxygen atoms in total. The zero-order chi connectivity index (χ0) is 16.8. The standard InChI is InChI=1S/C14H20N2O6/c1-9(17)21-5-6-22-13(20)14(2,16-15)8-10-3-4-11(18)12(19)7-10/h3-4,7,16,18-19H,5-6,8,15H2,1-2H3. The van der Waals surface area contributed by atoms with Crippen LogP contribution in [0.1, 0.15) is 19.4 Å². The van der Waals surface area contributed by atoms with Crippen molar-refractivity contribution in [3.05, 3.63) is 23.8 Å². The summed E-state index contributed by atoms with van der Waals surface area (Å²) in [5.74, 6) is 3.79. The Morgan fingerprint density at radius 2 is 1.86 bits per heavy atom. The lowest BCUT2D eigenvalue weighted by molar-refractivity contribution is -0.156. The number of phenolic OH excluding ortho intramolecular Hbond substituents is 2. The quantitative estimate of drug-likeness (QED) is 0.181. The fraction of sp³-hybridized carbons (Fsp3) is 0.429. The SMILES string of the molecule is CC(=O)OCCOC(=O)C(C)(Cc1ccc(O)c(O)c1)NN. The molecule has 5 N–H and O–H groups in total. The minimum atomic E-state index is -1.24. The van der Waals surface area contributed by atoms with Gasteiger partial charge >= 0.3 is 11.9 Å². The number of aromatic hydroxyl groups is 2. The van der Waals surface area contributed by atoms with E-state index in [0.717, 1.165) is 0 Å². The zero-order valence-electron chi connectivity index (χ0n) is 12.5. The summed E-state index contributed by atoms with van der Waals surface area (Å²) in [5.41, 5.74) is 1.72. The Labute approximate surface area is 127 Å². The van der Waals surface area contributed by atoms with Crippen molar-refractivity contribution in [1.29, 1.82) is 0 Å². The van der Waals surface area contributed by atoms with Gasteiger partial charge in [0.2, 0.25) is 0 Å². The first kappa shape index (κ1) is 17.7. The molecule has 0 aliphatic heterocycles. The van der Waals surface area contributed by atoms with Gasteiger partial charge in [-0.2, -0.15) is 0 Å². The maximum absolute atomic E-state index is 12.1. The molecule has 0 radical (unpaired) electrons. The zero-order valence-corrected chi connectivity index (χ0v) is 12.5. The van der Waals surface area contributed by atoms with Crippen LogP contribution in [0.25, 0.3) is 0 Å². The number of benzene rings is 1. The fourth-order valence-corrected chi connectivity index (χ4v) is 1.75. The van der Waals surface area contributed by atoms with E-state index in [0.29, 0.717) is 5.56 Å². The lowest BCUT2D eigenvalue weighted by atomic mass is 9.93. The van der Waals surface area contributed by atoms with Gasteiger partial charge in [-0.3, -0.25) is 10.6 Å². The molecule has 1 unspecified atom stereocenters. The van der Waals surface area contributed by atoms with Gasteiger partial charge < -0.3 is 19.7 Å². The highest BCUT2D eigenvalue weighted by atomic mass is 16.6. The molecule has 0 heterocycles. The van der Waals surface area contributed by atoms with E-state index in [-0.39, 0.29) is 31.1 Å². The third kappa shape index (κ3) is 4.90. The average molecular weight is 312 g/mol. The smallest absolute Gasteiger partial charge is 0.327 e. The monoisotopic (exact) mass is 312 g/mol. The number of rotatable bonds is 7. The molecule has 0 bridgehead atoms.